The minimum atomic E-state index is -0.194. The Morgan fingerprint density at radius 2 is 2.28 bits per heavy atom. The highest BCUT2D eigenvalue weighted by molar-refractivity contribution is 5.92. The van der Waals surface area contributed by atoms with Gasteiger partial charge in [0.2, 0.25) is 0 Å². The molecule has 3 rings (SSSR count). The zero-order chi connectivity index (χ0) is 12.5. The number of hydrogen-bond donors (Lipinski definition) is 2. The molecule has 2 aliphatic rings. The lowest BCUT2D eigenvalue weighted by Gasteiger charge is -2.09. The molecule has 1 aromatic heterocycles. The third-order valence-electron chi connectivity index (χ3n) is 3.81. The Morgan fingerprint density at radius 1 is 1.44 bits per heavy atom. The summed E-state index contributed by atoms with van der Waals surface area (Å²) in [6, 6.07) is 1.75. The van der Waals surface area contributed by atoms with Crippen LogP contribution in [0.4, 0.5) is 0 Å². The van der Waals surface area contributed by atoms with Gasteiger partial charge in [-0.15, -0.1) is 0 Å². The number of hydrogen-bond acceptors (Lipinski definition) is 4. The zero-order valence-corrected chi connectivity index (χ0v) is 10.3. The summed E-state index contributed by atoms with van der Waals surface area (Å²) in [5.74, 6) is 1.52. The van der Waals surface area contributed by atoms with Crippen molar-refractivity contribution in [2.45, 2.75) is 44.1 Å². The number of nitrogens with one attached hydrogen (secondary N) is 1. The smallest absolute Gasteiger partial charge is 0.273 e. The number of carbonyl (C=O) groups is 1. The predicted molar refractivity (Wildman–Crippen MR) is 64.2 cm³/mol. The average molecular weight is 250 g/mol. The van der Waals surface area contributed by atoms with Gasteiger partial charge in [0.1, 0.15) is 5.76 Å². The van der Waals surface area contributed by atoms with Crippen molar-refractivity contribution in [1.29, 1.82) is 0 Å². The second kappa shape index (κ2) is 4.72. The van der Waals surface area contributed by atoms with E-state index in [2.05, 4.69) is 10.5 Å². The SMILES string of the molecule is O=C(NCC1CCC(O)C1)c1cc(C2CC2)on1. The summed E-state index contributed by atoms with van der Waals surface area (Å²) in [4.78, 5) is 11.8. The van der Waals surface area contributed by atoms with Crippen LogP contribution >= 0.6 is 0 Å². The number of amides is 1. The summed E-state index contributed by atoms with van der Waals surface area (Å²) < 4.78 is 5.15. The quantitative estimate of drug-likeness (QED) is 0.848. The van der Waals surface area contributed by atoms with Crippen LogP contribution in [-0.4, -0.2) is 28.8 Å². The maximum atomic E-state index is 11.8. The highest BCUT2D eigenvalue weighted by Gasteiger charge is 2.29. The van der Waals surface area contributed by atoms with Crippen molar-refractivity contribution in [2.24, 2.45) is 5.92 Å². The number of aliphatic hydroxyl groups excluding tert-OH is 1. The first-order valence-electron chi connectivity index (χ1n) is 6.65. The van der Waals surface area contributed by atoms with Crippen LogP contribution in [0.15, 0.2) is 10.6 Å². The molecule has 0 aromatic carbocycles. The van der Waals surface area contributed by atoms with Crippen molar-refractivity contribution in [1.82, 2.24) is 10.5 Å². The zero-order valence-electron chi connectivity index (χ0n) is 10.3. The van der Waals surface area contributed by atoms with Gasteiger partial charge in [-0.3, -0.25) is 4.79 Å². The minimum Gasteiger partial charge on any atom is -0.393 e. The average Bonchev–Trinajstić information content (AvgIpc) is 2.94. The standard InChI is InChI=1S/C13H18N2O3/c16-10-4-1-8(5-10)7-14-13(17)11-6-12(18-15-11)9-2-3-9/h6,8-10,16H,1-5,7H2,(H,14,17). The summed E-state index contributed by atoms with van der Waals surface area (Å²) in [6.07, 6.45) is 4.68. The Balaban J connectivity index is 1.50. The number of aliphatic hydroxyl groups is 1. The van der Waals surface area contributed by atoms with E-state index in [1.807, 2.05) is 0 Å². The van der Waals surface area contributed by atoms with Crippen LogP contribution in [0.5, 0.6) is 0 Å². The van der Waals surface area contributed by atoms with E-state index < -0.39 is 0 Å². The summed E-state index contributed by atoms with van der Waals surface area (Å²) >= 11 is 0. The molecule has 2 fully saturated rings. The monoisotopic (exact) mass is 250 g/mol. The number of carbonyl (C=O) groups excluding carboxylic acids is 1. The van der Waals surface area contributed by atoms with Crippen molar-refractivity contribution in [3.8, 4) is 0 Å². The van der Waals surface area contributed by atoms with Gasteiger partial charge in [0.25, 0.3) is 5.91 Å². The van der Waals surface area contributed by atoms with E-state index in [0.717, 1.165) is 37.9 Å². The maximum Gasteiger partial charge on any atom is 0.273 e. The fraction of sp³-hybridized carbons (Fsp3) is 0.692. The molecule has 2 atom stereocenters. The first kappa shape index (κ1) is 11.7. The van der Waals surface area contributed by atoms with Gasteiger partial charge in [-0.2, -0.15) is 0 Å². The molecule has 0 radical (unpaired) electrons. The lowest BCUT2D eigenvalue weighted by molar-refractivity contribution is 0.0936. The predicted octanol–water partition coefficient (Wildman–Crippen LogP) is 1.44. The molecule has 2 aliphatic carbocycles. The fourth-order valence-electron chi connectivity index (χ4n) is 2.52. The van der Waals surface area contributed by atoms with Crippen LogP contribution in [0.1, 0.15) is 54.3 Å². The topological polar surface area (TPSA) is 75.4 Å². The molecule has 5 heteroatoms. The highest BCUT2D eigenvalue weighted by Crippen LogP contribution is 2.40. The van der Waals surface area contributed by atoms with E-state index in [-0.39, 0.29) is 12.0 Å². The first-order chi connectivity index (χ1) is 8.72. The Labute approximate surface area is 106 Å². The molecule has 2 N–H and O–H groups in total. The molecule has 98 valence electrons. The second-order valence-electron chi connectivity index (χ2n) is 5.43. The number of aromatic nitrogens is 1. The lowest BCUT2D eigenvalue weighted by atomic mass is 10.1. The van der Waals surface area contributed by atoms with Crippen LogP contribution in [0.2, 0.25) is 0 Å². The van der Waals surface area contributed by atoms with E-state index in [4.69, 9.17) is 4.52 Å². The van der Waals surface area contributed by atoms with Crippen LogP contribution in [-0.2, 0) is 0 Å². The van der Waals surface area contributed by atoms with Crippen LogP contribution in [0.3, 0.4) is 0 Å². The van der Waals surface area contributed by atoms with Gasteiger partial charge in [-0.1, -0.05) is 5.16 Å². The Morgan fingerprint density at radius 3 is 2.94 bits per heavy atom. The largest absolute Gasteiger partial charge is 0.393 e. The third-order valence-corrected chi connectivity index (χ3v) is 3.81. The van der Waals surface area contributed by atoms with Crippen molar-refractivity contribution >= 4 is 5.91 Å². The van der Waals surface area contributed by atoms with E-state index in [9.17, 15) is 9.90 Å². The summed E-state index contributed by atoms with van der Waals surface area (Å²) in [5, 5.41) is 16.1. The molecule has 0 saturated heterocycles. The van der Waals surface area contributed by atoms with Gasteiger partial charge in [0.15, 0.2) is 5.69 Å². The molecule has 1 aromatic rings. The van der Waals surface area contributed by atoms with Crippen molar-refractivity contribution in [2.75, 3.05) is 6.54 Å². The van der Waals surface area contributed by atoms with Gasteiger partial charge in [-0.25, -0.2) is 0 Å². The van der Waals surface area contributed by atoms with Gasteiger partial charge in [-0.05, 0) is 38.0 Å². The van der Waals surface area contributed by atoms with Crippen molar-refractivity contribution < 1.29 is 14.4 Å². The normalized spacial score (nSPS) is 27.4. The van der Waals surface area contributed by atoms with Gasteiger partial charge >= 0.3 is 0 Å². The molecule has 1 amide bonds. The molecule has 0 bridgehead atoms. The summed E-state index contributed by atoms with van der Waals surface area (Å²) in [7, 11) is 0. The molecule has 5 nitrogen and oxygen atoms in total. The van der Waals surface area contributed by atoms with E-state index in [1.54, 1.807) is 6.07 Å². The third kappa shape index (κ3) is 2.56. The Hall–Kier alpha value is -1.36. The molecule has 1 heterocycles. The van der Waals surface area contributed by atoms with Gasteiger partial charge in [0.05, 0.1) is 6.10 Å². The summed E-state index contributed by atoms with van der Waals surface area (Å²) in [5.41, 5.74) is 0.371. The van der Waals surface area contributed by atoms with E-state index in [0.29, 0.717) is 24.1 Å². The highest BCUT2D eigenvalue weighted by atomic mass is 16.5. The molecule has 2 unspecified atom stereocenters. The van der Waals surface area contributed by atoms with E-state index >= 15 is 0 Å². The van der Waals surface area contributed by atoms with Gasteiger partial charge < -0.3 is 14.9 Å². The number of rotatable bonds is 4. The lowest BCUT2D eigenvalue weighted by Crippen LogP contribution is -2.28. The van der Waals surface area contributed by atoms with Crippen LogP contribution in [0.25, 0.3) is 0 Å². The Kier molecular flexibility index (Phi) is 3.07. The van der Waals surface area contributed by atoms with Crippen LogP contribution in [0, 0.1) is 5.92 Å². The van der Waals surface area contributed by atoms with Crippen LogP contribution < -0.4 is 5.32 Å². The second-order valence-corrected chi connectivity index (χ2v) is 5.43. The van der Waals surface area contributed by atoms with Crippen molar-refractivity contribution in [3.05, 3.63) is 17.5 Å². The van der Waals surface area contributed by atoms with Crippen molar-refractivity contribution in [3.63, 3.8) is 0 Å². The molecular weight excluding hydrogens is 232 g/mol. The number of nitrogens with zero attached hydrogens (tertiary/aromatic N) is 1. The first-order valence-corrected chi connectivity index (χ1v) is 6.65. The molecule has 0 spiro atoms. The molecule has 0 aliphatic heterocycles. The molecule has 2 saturated carbocycles. The summed E-state index contributed by atoms with van der Waals surface area (Å²) in [6.45, 7) is 0.613. The molecular formula is C13H18N2O3. The fourth-order valence-corrected chi connectivity index (χ4v) is 2.52. The maximum absolute atomic E-state index is 11.8. The minimum absolute atomic E-state index is 0.174. The Bertz CT molecular complexity index is 439. The van der Waals surface area contributed by atoms with Gasteiger partial charge in [0, 0.05) is 18.5 Å². The van der Waals surface area contributed by atoms with E-state index in [1.165, 1.54) is 0 Å². The molecule has 18 heavy (non-hydrogen) atoms.